The Kier molecular flexibility index (Phi) is 6.19. The summed E-state index contributed by atoms with van der Waals surface area (Å²) in [6.45, 7) is 0.228. The smallest absolute Gasteiger partial charge is 0.353 e. The second kappa shape index (κ2) is 8.90. The number of benzene rings is 1. The maximum atomic E-state index is 13.5. The number of rotatable bonds is 4. The van der Waals surface area contributed by atoms with Gasteiger partial charge in [-0.2, -0.15) is 13.2 Å². The molecule has 4 rings (SSSR count). The number of halogens is 3. The minimum atomic E-state index is -4.57. The van der Waals surface area contributed by atoms with Crippen LogP contribution in [0.5, 0.6) is 0 Å². The molecule has 1 aromatic heterocycles. The first kappa shape index (κ1) is 22.3. The Morgan fingerprint density at radius 2 is 1.94 bits per heavy atom. The molecule has 1 aromatic carbocycles. The molecule has 0 radical (unpaired) electrons. The van der Waals surface area contributed by atoms with Gasteiger partial charge in [0.2, 0.25) is 5.91 Å². The fourth-order valence-corrected chi connectivity index (χ4v) is 4.45. The number of pyridine rings is 1. The van der Waals surface area contributed by atoms with Crippen LogP contribution in [0.4, 0.5) is 13.2 Å². The molecule has 1 aliphatic heterocycles. The predicted molar refractivity (Wildman–Crippen MR) is 109 cm³/mol. The van der Waals surface area contributed by atoms with E-state index in [-0.39, 0.29) is 18.7 Å². The molecule has 1 spiro atoms. The maximum absolute atomic E-state index is 13.5. The Morgan fingerprint density at radius 1 is 1.16 bits per heavy atom. The normalized spacial score (nSPS) is 20.3. The van der Waals surface area contributed by atoms with E-state index in [9.17, 15) is 22.8 Å². The first-order valence-electron chi connectivity index (χ1n) is 10.6. The highest BCUT2D eigenvalue weighted by atomic mass is 19.4. The first-order chi connectivity index (χ1) is 15.3. The van der Waals surface area contributed by atoms with Gasteiger partial charge < -0.3 is 10.1 Å². The number of amides is 2. The van der Waals surface area contributed by atoms with Crippen molar-refractivity contribution in [3.05, 3.63) is 65.5 Å². The van der Waals surface area contributed by atoms with E-state index in [0.717, 1.165) is 37.0 Å². The van der Waals surface area contributed by atoms with Crippen LogP contribution < -0.4 is 5.32 Å². The fourth-order valence-electron chi connectivity index (χ4n) is 4.45. The van der Waals surface area contributed by atoms with Gasteiger partial charge in [0.05, 0.1) is 12.2 Å². The summed E-state index contributed by atoms with van der Waals surface area (Å²) in [5.74, 6) is -1.03. The molecule has 2 amide bonds. The monoisotopic (exact) mass is 447 g/mol. The molecule has 1 saturated carbocycles. The molecule has 1 atom stereocenters. The molecule has 1 saturated heterocycles. The van der Waals surface area contributed by atoms with Gasteiger partial charge in [-0.3, -0.25) is 19.5 Å². The van der Waals surface area contributed by atoms with Gasteiger partial charge >= 0.3 is 6.18 Å². The standard InChI is InChI=1S/C23H24F3N3O3/c24-23(25,26)18-8-4-7-17(12-18)21(31)29-19(15-32-22(29)9-2-1-3-10-22)20(30)28-14-16-6-5-11-27-13-16/h4-8,11-13,19H,1-3,9-10,14-15H2,(H,28,30)/t19-/m0/s1. The van der Waals surface area contributed by atoms with Gasteiger partial charge in [-0.15, -0.1) is 0 Å². The summed E-state index contributed by atoms with van der Waals surface area (Å²) >= 11 is 0. The van der Waals surface area contributed by atoms with Crippen molar-refractivity contribution in [2.75, 3.05) is 6.61 Å². The number of aromatic nitrogens is 1. The Balaban J connectivity index is 1.61. The minimum Gasteiger partial charge on any atom is -0.353 e. The van der Waals surface area contributed by atoms with E-state index >= 15 is 0 Å². The number of nitrogens with zero attached hydrogens (tertiary/aromatic N) is 2. The molecule has 0 bridgehead atoms. The van der Waals surface area contributed by atoms with Crippen molar-refractivity contribution in [3.8, 4) is 0 Å². The van der Waals surface area contributed by atoms with Gasteiger partial charge in [-0.25, -0.2) is 0 Å². The highest BCUT2D eigenvalue weighted by Gasteiger charge is 2.53. The molecule has 170 valence electrons. The molecule has 2 aliphatic rings. The number of carbonyl (C=O) groups is 2. The van der Waals surface area contributed by atoms with Crippen LogP contribution >= 0.6 is 0 Å². The molecular weight excluding hydrogens is 423 g/mol. The van der Waals surface area contributed by atoms with Crippen LogP contribution in [0.3, 0.4) is 0 Å². The number of alkyl halides is 3. The zero-order valence-corrected chi connectivity index (χ0v) is 17.4. The van der Waals surface area contributed by atoms with Crippen LogP contribution in [0, 0.1) is 0 Å². The van der Waals surface area contributed by atoms with Gasteiger partial charge in [0.1, 0.15) is 11.8 Å². The molecule has 0 unspecified atom stereocenters. The van der Waals surface area contributed by atoms with E-state index in [2.05, 4.69) is 10.3 Å². The Bertz CT molecular complexity index is 975. The third-order valence-corrected chi connectivity index (χ3v) is 6.04. The third kappa shape index (κ3) is 4.48. The van der Waals surface area contributed by atoms with Gasteiger partial charge in [0.15, 0.2) is 0 Å². The number of nitrogens with one attached hydrogen (secondary N) is 1. The van der Waals surface area contributed by atoms with Gasteiger partial charge in [-0.1, -0.05) is 18.6 Å². The topological polar surface area (TPSA) is 71.5 Å². The lowest BCUT2D eigenvalue weighted by Gasteiger charge is -2.41. The van der Waals surface area contributed by atoms with Crippen LogP contribution in [-0.4, -0.2) is 40.1 Å². The van der Waals surface area contributed by atoms with Crippen molar-refractivity contribution in [2.45, 2.75) is 56.6 Å². The van der Waals surface area contributed by atoms with Crippen molar-refractivity contribution in [1.82, 2.24) is 15.2 Å². The average Bonchev–Trinajstić information content (AvgIpc) is 3.16. The summed E-state index contributed by atoms with van der Waals surface area (Å²) in [5.41, 5.74) is -1.19. The summed E-state index contributed by atoms with van der Waals surface area (Å²) in [4.78, 5) is 31.9. The van der Waals surface area contributed by atoms with Gasteiger partial charge in [0, 0.05) is 24.5 Å². The van der Waals surface area contributed by atoms with Crippen LogP contribution in [0.25, 0.3) is 0 Å². The lowest BCUT2D eigenvalue weighted by atomic mass is 9.89. The Morgan fingerprint density at radius 3 is 2.62 bits per heavy atom. The summed E-state index contributed by atoms with van der Waals surface area (Å²) in [7, 11) is 0. The second-order valence-corrected chi connectivity index (χ2v) is 8.17. The van der Waals surface area contributed by atoms with Crippen molar-refractivity contribution in [3.63, 3.8) is 0 Å². The van der Waals surface area contributed by atoms with E-state index in [1.165, 1.54) is 17.0 Å². The van der Waals surface area contributed by atoms with Crippen molar-refractivity contribution < 1.29 is 27.5 Å². The molecule has 9 heteroatoms. The first-order valence-corrected chi connectivity index (χ1v) is 10.6. The summed E-state index contributed by atoms with van der Waals surface area (Å²) < 4.78 is 45.6. The number of carbonyl (C=O) groups excluding carboxylic acids is 2. The molecule has 2 fully saturated rings. The van der Waals surface area contributed by atoms with E-state index in [1.54, 1.807) is 18.5 Å². The number of ether oxygens (including phenoxy) is 1. The number of hydrogen-bond acceptors (Lipinski definition) is 4. The maximum Gasteiger partial charge on any atom is 0.416 e. The van der Waals surface area contributed by atoms with E-state index in [1.807, 2.05) is 6.07 Å². The predicted octanol–water partition coefficient (Wildman–Crippen LogP) is 3.92. The third-order valence-electron chi connectivity index (χ3n) is 6.04. The highest BCUT2D eigenvalue weighted by Crippen LogP contribution is 2.41. The van der Waals surface area contributed by atoms with Crippen LogP contribution in [0.2, 0.25) is 0 Å². The second-order valence-electron chi connectivity index (χ2n) is 8.17. The van der Waals surface area contributed by atoms with E-state index in [4.69, 9.17) is 4.74 Å². The van der Waals surface area contributed by atoms with Crippen molar-refractivity contribution in [2.24, 2.45) is 0 Å². The lowest BCUT2D eigenvalue weighted by Crippen LogP contribution is -2.56. The average molecular weight is 447 g/mol. The van der Waals surface area contributed by atoms with Crippen LogP contribution in [-0.2, 0) is 22.3 Å². The fraction of sp³-hybridized carbons (Fsp3) is 0.435. The molecule has 32 heavy (non-hydrogen) atoms. The molecule has 2 aromatic rings. The zero-order chi connectivity index (χ0) is 22.8. The molecular formula is C23H24F3N3O3. The molecule has 2 heterocycles. The van der Waals surface area contributed by atoms with Gasteiger partial charge in [-0.05, 0) is 55.5 Å². The molecule has 1 aliphatic carbocycles. The largest absolute Gasteiger partial charge is 0.416 e. The quantitative estimate of drug-likeness (QED) is 0.771. The molecule has 1 N–H and O–H groups in total. The SMILES string of the molecule is O=C(NCc1cccnc1)[C@@H]1COC2(CCCCC2)N1C(=O)c1cccc(C(F)(F)F)c1. The van der Waals surface area contributed by atoms with Crippen LogP contribution in [0.1, 0.15) is 53.6 Å². The zero-order valence-electron chi connectivity index (χ0n) is 17.4. The van der Waals surface area contributed by atoms with Crippen molar-refractivity contribution in [1.29, 1.82) is 0 Å². The summed E-state index contributed by atoms with van der Waals surface area (Å²) in [5, 5.41) is 2.80. The molecule has 6 nitrogen and oxygen atoms in total. The Hall–Kier alpha value is -2.94. The summed E-state index contributed by atoms with van der Waals surface area (Å²) in [6, 6.07) is 6.95. The van der Waals surface area contributed by atoms with Crippen LogP contribution in [0.15, 0.2) is 48.8 Å². The minimum absolute atomic E-state index is 0.00355. The van der Waals surface area contributed by atoms with E-state index < -0.39 is 35.3 Å². The van der Waals surface area contributed by atoms with E-state index in [0.29, 0.717) is 12.8 Å². The Labute approximate surface area is 183 Å². The lowest BCUT2D eigenvalue weighted by molar-refractivity contribution is -0.137. The highest BCUT2D eigenvalue weighted by molar-refractivity contribution is 5.98. The van der Waals surface area contributed by atoms with Gasteiger partial charge in [0.25, 0.3) is 5.91 Å². The number of hydrogen-bond donors (Lipinski definition) is 1. The van der Waals surface area contributed by atoms with Crippen molar-refractivity contribution >= 4 is 11.8 Å². The summed E-state index contributed by atoms with van der Waals surface area (Å²) in [6.07, 6.45) is 2.38.